The van der Waals surface area contributed by atoms with Crippen molar-refractivity contribution in [1.82, 2.24) is 5.32 Å². The lowest BCUT2D eigenvalue weighted by molar-refractivity contribution is -0.115. The number of amides is 1. The van der Waals surface area contributed by atoms with Crippen LogP contribution >= 0.6 is 0 Å². The van der Waals surface area contributed by atoms with E-state index in [1.54, 1.807) is 6.08 Å². The maximum Gasteiger partial charge on any atom is 0.275 e. The Labute approximate surface area is 127 Å². The molecule has 1 aromatic rings. The number of rotatable bonds is 3. The first-order valence-corrected chi connectivity index (χ1v) is 7.20. The molecule has 0 atom stereocenters. The predicted molar refractivity (Wildman–Crippen MR) is 80.0 cm³/mol. The number of ether oxygens (including phenoxy) is 2. The molecule has 0 spiro atoms. The molecular weight excluding hydrogens is 287 g/mol. The molecule has 6 heteroatoms. The van der Waals surface area contributed by atoms with E-state index in [0.29, 0.717) is 30.4 Å². The average molecular weight is 304 g/mol. The van der Waals surface area contributed by atoms with Crippen molar-refractivity contribution in [3.05, 3.63) is 35.3 Å². The molecule has 0 radical (unpaired) electrons. The number of aliphatic imine (C=N–C) groups is 1. The third-order valence-corrected chi connectivity index (χ3v) is 3.81. The number of nitrogens with one attached hydrogen (secondary N) is 1. The Bertz CT molecular complexity index is 649. The molecule has 3 rings (SSSR count). The van der Waals surface area contributed by atoms with Gasteiger partial charge in [-0.25, -0.2) is 9.38 Å². The van der Waals surface area contributed by atoms with E-state index < -0.39 is 0 Å². The van der Waals surface area contributed by atoms with Crippen LogP contribution in [0.4, 0.5) is 4.39 Å². The molecule has 1 saturated heterocycles. The second-order valence-electron chi connectivity index (χ2n) is 5.25. The fourth-order valence-electron chi connectivity index (χ4n) is 2.62. The Balaban J connectivity index is 1.89. The number of nitrogens with zero attached hydrogens (tertiary/aromatic N) is 1. The summed E-state index contributed by atoms with van der Waals surface area (Å²) in [6.07, 6.45) is 3.23. The minimum atomic E-state index is -0.389. The van der Waals surface area contributed by atoms with Crippen molar-refractivity contribution in [2.24, 2.45) is 10.9 Å². The van der Waals surface area contributed by atoms with E-state index in [4.69, 9.17) is 9.47 Å². The summed E-state index contributed by atoms with van der Waals surface area (Å²) >= 11 is 0. The Morgan fingerprint density at radius 3 is 2.91 bits per heavy atom. The quantitative estimate of drug-likeness (QED) is 0.870. The molecule has 22 heavy (non-hydrogen) atoms. The molecule has 0 aliphatic carbocycles. The number of hydrogen-bond acceptors (Lipinski definition) is 4. The first-order valence-electron chi connectivity index (χ1n) is 7.20. The van der Waals surface area contributed by atoms with E-state index in [0.717, 1.165) is 12.8 Å². The van der Waals surface area contributed by atoms with Crippen LogP contribution in [-0.2, 0) is 9.53 Å². The molecule has 2 aliphatic heterocycles. The van der Waals surface area contributed by atoms with Crippen molar-refractivity contribution in [1.29, 1.82) is 0 Å². The molecule has 116 valence electrons. The van der Waals surface area contributed by atoms with Gasteiger partial charge in [0.2, 0.25) is 0 Å². The molecule has 2 aliphatic rings. The van der Waals surface area contributed by atoms with Crippen molar-refractivity contribution < 1.29 is 18.7 Å². The highest BCUT2D eigenvalue weighted by Gasteiger charge is 2.28. The van der Waals surface area contributed by atoms with Gasteiger partial charge in [-0.1, -0.05) is 0 Å². The second kappa shape index (κ2) is 6.27. The SMILES string of the molecule is COc1ccc(F)cc1/C=C1/N=C(C2CCOCC2)NC1=O. The van der Waals surface area contributed by atoms with Crippen LogP contribution in [0.2, 0.25) is 0 Å². The van der Waals surface area contributed by atoms with Gasteiger partial charge in [0.15, 0.2) is 0 Å². The molecule has 5 nitrogen and oxygen atoms in total. The van der Waals surface area contributed by atoms with Gasteiger partial charge >= 0.3 is 0 Å². The molecule has 1 aromatic carbocycles. The van der Waals surface area contributed by atoms with Gasteiger partial charge in [0.25, 0.3) is 5.91 Å². The summed E-state index contributed by atoms with van der Waals surface area (Å²) in [5.41, 5.74) is 0.759. The van der Waals surface area contributed by atoms with Crippen LogP contribution in [0.1, 0.15) is 18.4 Å². The highest BCUT2D eigenvalue weighted by atomic mass is 19.1. The number of halogens is 1. The van der Waals surface area contributed by atoms with Crippen LogP contribution in [0.15, 0.2) is 28.9 Å². The summed E-state index contributed by atoms with van der Waals surface area (Å²) in [5, 5.41) is 2.80. The fraction of sp³-hybridized carbons (Fsp3) is 0.375. The summed E-state index contributed by atoms with van der Waals surface area (Å²) in [6.45, 7) is 1.35. The lowest BCUT2D eigenvalue weighted by Crippen LogP contribution is -2.33. The largest absolute Gasteiger partial charge is 0.496 e. The number of amidine groups is 1. The van der Waals surface area contributed by atoms with Crippen LogP contribution < -0.4 is 10.1 Å². The fourth-order valence-corrected chi connectivity index (χ4v) is 2.62. The van der Waals surface area contributed by atoms with Gasteiger partial charge in [0.1, 0.15) is 23.1 Å². The van der Waals surface area contributed by atoms with E-state index in [1.807, 2.05) is 0 Å². The van der Waals surface area contributed by atoms with Crippen LogP contribution in [0.5, 0.6) is 5.75 Å². The van der Waals surface area contributed by atoms with E-state index >= 15 is 0 Å². The number of methoxy groups -OCH3 is 1. The summed E-state index contributed by atoms with van der Waals surface area (Å²) in [5.74, 6) is 0.719. The molecule has 1 amide bonds. The van der Waals surface area contributed by atoms with Gasteiger partial charge in [0.05, 0.1) is 7.11 Å². The zero-order valence-corrected chi connectivity index (χ0v) is 12.3. The van der Waals surface area contributed by atoms with E-state index in [1.165, 1.54) is 25.3 Å². The zero-order chi connectivity index (χ0) is 15.5. The van der Waals surface area contributed by atoms with Crippen molar-refractivity contribution in [2.45, 2.75) is 12.8 Å². The Kier molecular flexibility index (Phi) is 4.20. The summed E-state index contributed by atoms with van der Waals surface area (Å²) in [4.78, 5) is 16.4. The minimum absolute atomic E-state index is 0.206. The van der Waals surface area contributed by atoms with Gasteiger partial charge in [-0.05, 0) is 37.1 Å². The highest BCUT2D eigenvalue weighted by Crippen LogP contribution is 2.25. The Morgan fingerprint density at radius 2 is 2.18 bits per heavy atom. The second-order valence-corrected chi connectivity index (χ2v) is 5.25. The molecule has 1 fully saturated rings. The Hall–Kier alpha value is -2.21. The standard InChI is InChI=1S/C16H17FN2O3/c1-21-14-3-2-12(17)8-11(14)9-13-16(20)19-15(18-13)10-4-6-22-7-5-10/h2-3,8-10H,4-7H2,1H3,(H,18,19,20)/b13-9+. The topological polar surface area (TPSA) is 59.9 Å². The molecule has 1 N–H and O–H groups in total. The number of carbonyl (C=O) groups excluding carboxylic acids is 1. The van der Waals surface area contributed by atoms with Crippen molar-refractivity contribution in [3.8, 4) is 5.75 Å². The molecular formula is C16H17FN2O3. The highest BCUT2D eigenvalue weighted by molar-refractivity contribution is 6.15. The maximum absolute atomic E-state index is 13.4. The zero-order valence-electron chi connectivity index (χ0n) is 12.3. The van der Waals surface area contributed by atoms with Crippen LogP contribution in [-0.4, -0.2) is 32.1 Å². The number of hydrogen-bond donors (Lipinski definition) is 1. The third-order valence-electron chi connectivity index (χ3n) is 3.81. The maximum atomic E-state index is 13.4. The van der Waals surface area contributed by atoms with Gasteiger partial charge in [-0.2, -0.15) is 0 Å². The molecule has 0 bridgehead atoms. The van der Waals surface area contributed by atoms with Gasteiger partial charge in [-0.3, -0.25) is 4.79 Å². The summed E-state index contributed by atoms with van der Waals surface area (Å²) in [6, 6.07) is 4.16. The van der Waals surface area contributed by atoms with Crippen molar-refractivity contribution in [2.75, 3.05) is 20.3 Å². The Morgan fingerprint density at radius 1 is 1.41 bits per heavy atom. The lowest BCUT2D eigenvalue weighted by atomic mass is 9.99. The van der Waals surface area contributed by atoms with E-state index in [9.17, 15) is 9.18 Å². The predicted octanol–water partition coefficient (Wildman–Crippen LogP) is 2.13. The molecule has 0 saturated carbocycles. The minimum Gasteiger partial charge on any atom is -0.496 e. The monoisotopic (exact) mass is 304 g/mol. The van der Waals surface area contributed by atoms with E-state index in [2.05, 4.69) is 10.3 Å². The van der Waals surface area contributed by atoms with Gasteiger partial charge in [0, 0.05) is 24.7 Å². The molecule has 2 heterocycles. The van der Waals surface area contributed by atoms with E-state index in [-0.39, 0.29) is 23.3 Å². The van der Waals surface area contributed by atoms with Gasteiger partial charge < -0.3 is 14.8 Å². The van der Waals surface area contributed by atoms with Gasteiger partial charge in [-0.15, -0.1) is 0 Å². The average Bonchev–Trinajstić information content (AvgIpc) is 2.90. The van der Waals surface area contributed by atoms with Crippen molar-refractivity contribution >= 4 is 17.8 Å². The summed E-state index contributed by atoms with van der Waals surface area (Å²) < 4.78 is 23.9. The van der Waals surface area contributed by atoms with Crippen LogP contribution in [0.3, 0.4) is 0 Å². The first-order chi connectivity index (χ1) is 10.7. The smallest absolute Gasteiger partial charge is 0.275 e. The van der Waals surface area contributed by atoms with Crippen LogP contribution in [0, 0.1) is 11.7 Å². The molecule has 0 unspecified atom stereocenters. The normalized spacial score (nSPS) is 20.9. The van der Waals surface area contributed by atoms with Crippen molar-refractivity contribution in [3.63, 3.8) is 0 Å². The lowest BCUT2D eigenvalue weighted by Gasteiger charge is -2.21. The molecule has 0 aromatic heterocycles. The third kappa shape index (κ3) is 3.01. The summed E-state index contributed by atoms with van der Waals surface area (Å²) in [7, 11) is 1.50. The number of benzene rings is 1. The van der Waals surface area contributed by atoms with Crippen LogP contribution in [0.25, 0.3) is 6.08 Å². The number of carbonyl (C=O) groups is 1. The first kappa shape index (κ1) is 14.7.